The van der Waals surface area contributed by atoms with Crippen LogP contribution in [0.5, 0.6) is 0 Å². The summed E-state index contributed by atoms with van der Waals surface area (Å²) in [5.41, 5.74) is 0. The summed E-state index contributed by atoms with van der Waals surface area (Å²) in [5.74, 6) is 0. The van der Waals surface area contributed by atoms with E-state index in [-0.39, 0.29) is 0 Å². The molecule has 0 spiro atoms. The maximum atomic E-state index is 5.74. The molecule has 1 fully saturated rings. The van der Waals surface area contributed by atoms with Crippen molar-refractivity contribution >= 4 is 33.6 Å². The number of piperidine rings is 1. The number of hydrogen-bond donors (Lipinski definition) is 0. The van der Waals surface area contributed by atoms with E-state index in [0.717, 1.165) is 4.90 Å². The third-order valence-corrected chi connectivity index (χ3v) is 4.50. The van der Waals surface area contributed by atoms with Crippen LogP contribution in [-0.2, 0) is 0 Å². The first-order chi connectivity index (χ1) is 7.38. The minimum absolute atomic E-state index is 1.12. The zero-order chi connectivity index (χ0) is 10.5. The van der Waals surface area contributed by atoms with Crippen molar-refractivity contribution in [2.45, 2.75) is 29.1 Å². The Balaban J connectivity index is 1.96. The van der Waals surface area contributed by atoms with Crippen molar-refractivity contribution in [1.82, 2.24) is 4.31 Å². The molecule has 0 amide bonds. The molecule has 1 aliphatic heterocycles. The van der Waals surface area contributed by atoms with Crippen molar-refractivity contribution in [3.63, 3.8) is 0 Å². The van der Waals surface area contributed by atoms with Crippen molar-refractivity contribution in [1.29, 1.82) is 0 Å². The first kappa shape index (κ1) is 11.6. The van der Waals surface area contributed by atoms with Crippen molar-refractivity contribution in [2.75, 3.05) is 13.1 Å². The van der Waals surface area contributed by atoms with Gasteiger partial charge < -0.3 is 0 Å². The van der Waals surface area contributed by atoms with E-state index in [4.69, 9.17) is 10.7 Å². The van der Waals surface area contributed by atoms with Gasteiger partial charge in [-0.3, -0.25) is 0 Å². The standard InChI is InChI=1S/C11H14ClNS2/c12-14-10-5-4-6-11(9-10)15-13-7-2-1-3-8-13/h4-6,9H,1-3,7-8H2. The lowest BCUT2D eigenvalue weighted by Crippen LogP contribution is -2.22. The normalized spacial score (nSPS) is 17.9. The first-order valence-corrected chi connectivity index (χ1v) is 7.62. The maximum Gasteiger partial charge on any atom is 0.0244 e. The Kier molecular flexibility index (Phi) is 4.69. The molecule has 82 valence electrons. The minimum Gasteiger partial charge on any atom is -0.246 e. The van der Waals surface area contributed by atoms with Crippen LogP contribution in [0.25, 0.3) is 0 Å². The minimum atomic E-state index is 1.12. The highest BCUT2D eigenvalue weighted by molar-refractivity contribution is 8.21. The third kappa shape index (κ3) is 3.59. The van der Waals surface area contributed by atoms with Crippen molar-refractivity contribution in [3.8, 4) is 0 Å². The Morgan fingerprint density at radius 3 is 2.53 bits per heavy atom. The fraction of sp³-hybridized carbons (Fsp3) is 0.455. The number of hydrogen-bond acceptors (Lipinski definition) is 3. The fourth-order valence-electron chi connectivity index (χ4n) is 1.68. The van der Waals surface area contributed by atoms with Gasteiger partial charge in [0.15, 0.2) is 0 Å². The van der Waals surface area contributed by atoms with Gasteiger partial charge in [-0.05, 0) is 64.6 Å². The van der Waals surface area contributed by atoms with Gasteiger partial charge in [0.25, 0.3) is 0 Å². The quantitative estimate of drug-likeness (QED) is 0.740. The molecular weight excluding hydrogens is 246 g/mol. The van der Waals surface area contributed by atoms with E-state index in [2.05, 4.69) is 22.5 Å². The van der Waals surface area contributed by atoms with Crippen LogP contribution in [0.2, 0.25) is 0 Å². The van der Waals surface area contributed by atoms with Gasteiger partial charge in [0.1, 0.15) is 0 Å². The molecule has 2 rings (SSSR count). The molecule has 0 radical (unpaired) electrons. The molecule has 1 nitrogen and oxygen atoms in total. The molecule has 0 bridgehead atoms. The number of rotatable bonds is 3. The molecule has 4 heteroatoms. The lowest BCUT2D eigenvalue weighted by molar-refractivity contribution is 0.380. The fourth-order valence-corrected chi connectivity index (χ4v) is 3.41. The second-order valence-electron chi connectivity index (χ2n) is 3.63. The van der Waals surface area contributed by atoms with Crippen molar-refractivity contribution in [2.24, 2.45) is 0 Å². The summed E-state index contributed by atoms with van der Waals surface area (Å²) in [6.45, 7) is 2.42. The predicted molar refractivity (Wildman–Crippen MR) is 69.4 cm³/mol. The van der Waals surface area contributed by atoms with Crippen LogP contribution in [0.1, 0.15) is 19.3 Å². The summed E-state index contributed by atoms with van der Waals surface area (Å²) >= 11 is 1.86. The molecule has 1 heterocycles. The largest absolute Gasteiger partial charge is 0.246 e. The van der Waals surface area contributed by atoms with Gasteiger partial charge in [0.05, 0.1) is 0 Å². The zero-order valence-corrected chi connectivity index (χ0v) is 10.9. The molecule has 0 saturated carbocycles. The van der Waals surface area contributed by atoms with Crippen LogP contribution in [-0.4, -0.2) is 17.4 Å². The average Bonchev–Trinajstić information content (AvgIpc) is 2.31. The summed E-state index contributed by atoms with van der Waals surface area (Å²) in [7, 11) is 7.02. The predicted octanol–water partition coefficient (Wildman–Crippen LogP) is 4.43. The molecule has 1 aliphatic rings. The van der Waals surface area contributed by atoms with Crippen LogP contribution >= 0.6 is 33.6 Å². The Hall–Kier alpha value is 0.170. The highest BCUT2D eigenvalue weighted by Crippen LogP contribution is 2.30. The first-order valence-electron chi connectivity index (χ1n) is 5.20. The van der Waals surface area contributed by atoms with E-state index in [0.29, 0.717) is 0 Å². The van der Waals surface area contributed by atoms with E-state index < -0.39 is 0 Å². The van der Waals surface area contributed by atoms with E-state index in [9.17, 15) is 0 Å². The second-order valence-corrected chi connectivity index (χ2v) is 5.89. The number of benzene rings is 1. The monoisotopic (exact) mass is 259 g/mol. The highest BCUT2D eigenvalue weighted by Gasteiger charge is 2.11. The zero-order valence-electron chi connectivity index (χ0n) is 8.49. The molecule has 1 aromatic carbocycles. The molecule has 1 saturated heterocycles. The topological polar surface area (TPSA) is 3.24 Å². The van der Waals surface area contributed by atoms with Gasteiger partial charge in [-0.15, -0.1) is 0 Å². The van der Waals surface area contributed by atoms with E-state index in [1.165, 1.54) is 48.2 Å². The Morgan fingerprint density at radius 2 is 1.80 bits per heavy atom. The molecule has 0 atom stereocenters. The van der Waals surface area contributed by atoms with Gasteiger partial charge in [-0.1, -0.05) is 12.5 Å². The van der Waals surface area contributed by atoms with E-state index in [1.807, 2.05) is 18.0 Å². The Bertz CT molecular complexity index is 313. The summed E-state index contributed by atoms with van der Waals surface area (Å²) in [6.07, 6.45) is 4.04. The summed E-state index contributed by atoms with van der Waals surface area (Å²) in [6, 6.07) is 8.40. The molecular formula is C11H14ClNS2. The molecule has 0 aromatic heterocycles. The molecule has 0 N–H and O–H groups in total. The summed E-state index contributed by atoms with van der Waals surface area (Å²) < 4.78 is 2.45. The highest BCUT2D eigenvalue weighted by atomic mass is 35.7. The Morgan fingerprint density at radius 1 is 1.07 bits per heavy atom. The van der Waals surface area contributed by atoms with Crippen LogP contribution in [0, 0.1) is 0 Å². The summed E-state index contributed by atoms with van der Waals surface area (Å²) in [5, 5.41) is 0. The molecule has 0 aliphatic carbocycles. The smallest absolute Gasteiger partial charge is 0.0244 e. The van der Waals surface area contributed by atoms with E-state index >= 15 is 0 Å². The number of nitrogens with zero attached hydrogens (tertiary/aromatic N) is 1. The van der Waals surface area contributed by atoms with Crippen LogP contribution < -0.4 is 0 Å². The van der Waals surface area contributed by atoms with Crippen LogP contribution in [0.4, 0.5) is 0 Å². The van der Waals surface area contributed by atoms with Gasteiger partial charge in [0.2, 0.25) is 0 Å². The lowest BCUT2D eigenvalue weighted by atomic mass is 10.2. The van der Waals surface area contributed by atoms with Gasteiger partial charge in [0, 0.05) is 22.9 Å². The second kappa shape index (κ2) is 6.04. The molecule has 15 heavy (non-hydrogen) atoms. The number of halogens is 1. The van der Waals surface area contributed by atoms with Crippen LogP contribution in [0.15, 0.2) is 34.1 Å². The SMILES string of the molecule is ClSc1cccc(SN2CCCCC2)c1. The van der Waals surface area contributed by atoms with Crippen LogP contribution in [0.3, 0.4) is 0 Å². The third-order valence-electron chi connectivity index (χ3n) is 2.44. The van der Waals surface area contributed by atoms with Crippen molar-refractivity contribution < 1.29 is 0 Å². The van der Waals surface area contributed by atoms with Gasteiger partial charge in [-0.25, -0.2) is 4.31 Å². The van der Waals surface area contributed by atoms with Gasteiger partial charge >= 0.3 is 0 Å². The lowest BCUT2D eigenvalue weighted by Gasteiger charge is -2.25. The molecule has 1 aromatic rings. The van der Waals surface area contributed by atoms with E-state index in [1.54, 1.807) is 0 Å². The van der Waals surface area contributed by atoms with Crippen molar-refractivity contribution in [3.05, 3.63) is 24.3 Å². The molecule has 0 unspecified atom stereocenters. The summed E-state index contributed by atoms with van der Waals surface area (Å²) in [4.78, 5) is 2.42. The average molecular weight is 260 g/mol. The maximum absolute atomic E-state index is 5.74. The van der Waals surface area contributed by atoms with Gasteiger partial charge in [-0.2, -0.15) is 0 Å². The Labute approximate surface area is 104 Å².